The Morgan fingerprint density at radius 1 is 0.943 bits per heavy atom. The smallest absolute Gasteiger partial charge is 0.416 e. The summed E-state index contributed by atoms with van der Waals surface area (Å²) >= 11 is 0. The van der Waals surface area contributed by atoms with Gasteiger partial charge >= 0.3 is 12.1 Å². The number of anilines is 2. The number of carbonyl (C=O) groups excluding carboxylic acids is 3. The number of halogens is 3. The van der Waals surface area contributed by atoms with Crippen LogP contribution in [0.15, 0.2) is 60.8 Å². The molecule has 0 aliphatic heterocycles. The summed E-state index contributed by atoms with van der Waals surface area (Å²) in [5.41, 5.74) is 0.247. The Morgan fingerprint density at radius 3 is 2.29 bits per heavy atom. The van der Waals surface area contributed by atoms with Gasteiger partial charge in [0.2, 0.25) is 0 Å². The minimum absolute atomic E-state index is 0.0552. The lowest BCUT2D eigenvalue weighted by Crippen LogP contribution is -2.19. The first-order chi connectivity index (χ1) is 16.6. The number of esters is 1. The van der Waals surface area contributed by atoms with Gasteiger partial charge in [-0.3, -0.25) is 14.4 Å². The molecule has 10 heteroatoms. The van der Waals surface area contributed by atoms with Crippen molar-refractivity contribution in [3.8, 4) is 5.75 Å². The van der Waals surface area contributed by atoms with Crippen LogP contribution in [-0.2, 0) is 11.0 Å². The minimum Gasteiger partial charge on any atom is -0.424 e. The van der Waals surface area contributed by atoms with Crippen LogP contribution < -0.4 is 15.4 Å². The van der Waals surface area contributed by atoms with Crippen molar-refractivity contribution in [2.45, 2.75) is 32.9 Å². The predicted molar refractivity (Wildman–Crippen MR) is 123 cm³/mol. The Bertz CT molecular complexity index is 1240. The summed E-state index contributed by atoms with van der Waals surface area (Å²) in [5, 5.41) is 5.13. The van der Waals surface area contributed by atoms with Crippen molar-refractivity contribution in [1.29, 1.82) is 0 Å². The highest BCUT2D eigenvalue weighted by atomic mass is 19.4. The van der Waals surface area contributed by atoms with E-state index < -0.39 is 29.5 Å². The van der Waals surface area contributed by atoms with E-state index in [4.69, 9.17) is 4.74 Å². The summed E-state index contributed by atoms with van der Waals surface area (Å²) in [5.74, 6) is -1.66. The molecule has 0 aliphatic carbocycles. The zero-order valence-corrected chi connectivity index (χ0v) is 18.9. The van der Waals surface area contributed by atoms with Crippen LogP contribution in [0.4, 0.5) is 24.5 Å². The summed E-state index contributed by atoms with van der Waals surface area (Å²) in [7, 11) is 0. The van der Waals surface area contributed by atoms with Gasteiger partial charge in [-0.1, -0.05) is 13.0 Å². The van der Waals surface area contributed by atoms with E-state index in [0.29, 0.717) is 12.0 Å². The van der Waals surface area contributed by atoms with E-state index in [2.05, 4.69) is 15.6 Å². The van der Waals surface area contributed by atoms with Crippen molar-refractivity contribution < 1.29 is 32.3 Å². The number of alkyl halides is 3. The van der Waals surface area contributed by atoms with Crippen LogP contribution in [0, 0.1) is 6.92 Å². The third-order valence-electron chi connectivity index (χ3n) is 4.84. The summed E-state index contributed by atoms with van der Waals surface area (Å²) in [6.07, 6.45) is -2.29. The molecule has 182 valence electrons. The molecule has 0 unspecified atom stereocenters. The largest absolute Gasteiger partial charge is 0.424 e. The van der Waals surface area contributed by atoms with Gasteiger partial charge in [0, 0.05) is 29.6 Å². The topological polar surface area (TPSA) is 97.4 Å². The first-order valence-corrected chi connectivity index (χ1v) is 10.6. The van der Waals surface area contributed by atoms with Crippen LogP contribution in [0.3, 0.4) is 0 Å². The number of aryl methyl sites for hydroxylation is 1. The number of nitrogens with one attached hydrogen (secondary N) is 2. The average molecular weight is 485 g/mol. The van der Waals surface area contributed by atoms with Gasteiger partial charge < -0.3 is 15.4 Å². The Kier molecular flexibility index (Phi) is 7.85. The summed E-state index contributed by atoms with van der Waals surface area (Å²) in [6.45, 7) is 3.50. The van der Waals surface area contributed by atoms with Crippen LogP contribution in [0.25, 0.3) is 0 Å². The molecular weight excluding hydrogens is 463 g/mol. The number of aromatic nitrogens is 1. The summed E-state index contributed by atoms with van der Waals surface area (Å²) in [4.78, 5) is 41.4. The second-order valence-electron chi connectivity index (χ2n) is 7.59. The highest BCUT2D eigenvalue weighted by Crippen LogP contribution is 2.30. The van der Waals surface area contributed by atoms with Gasteiger partial charge in [-0.2, -0.15) is 13.2 Å². The molecule has 0 aliphatic rings. The van der Waals surface area contributed by atoms with Gasteiger partial charge in [-0.05, 0) is 67.4 Å². The molecule has 3 rings (SSSR count). The Balaban J connectivity index is 1.74. The van der Waals surface area contributed by atoms with Crippen molar-refractivity contribution in [1.82, 2.24) is 4.98 Å². The van der Waals surface area contributed by atoms with Crippen LogP contribution in [0.1, 0.15) is 51.7 Å². The molecule has 0 spiro atoms. The molecule has 35 heavy (non-hydrogen) atoms. The van der Waals surface area contributed by atoms with Crippen molar-refractivity contribution in [2.24, 2.45) is 0 Å². The Labute approximate surface area is 199 Å². The molecule has 0 radical (unpaired) electrons. The first-order valence-electron chi connectivity index (χ1n) is 10.6. The SMILES string of the molecule is CCCC(=O)Oc1c(C)ccnc1C(=O)Nc1cccc(C(=O)Nc2ccc(C(F)(F)F)cc2)c1. The highest BCUT2D eigenvalue weighted by molar-refractivity contribution is 6.08. The maximum Gasteiger partial charge on any atom is 0.416 e. The third-order valence-corrected chi connectivity index (χ3v) is 4.84. The fourth-order valence-electron chi connectivity index (χ4n) is 3.08. The Morgan fingerprint density at radius 2 is 1.63 bits per heavy atom. The lowest BCUT2D eigenvalue weighted by Gasteiger charge is -2.12. The number of amides is 2. The molecule has 0 saturated carbocycles. The van der Waals surface area contributed by atoms with E-state index in [1.807, 2.05) is 6.92 Å². The number of hydrogen-bond acceptors (Lipinski definition) is 5. The number of pyridine rings is 1. The monoisotopic (exact) mass is 485 g/mol. The molecule has 0 saturated heterocycles. The zero-order valence-electron chi connectivity index (χ0n) is 18.9. The molecule has 0 fully saturated rings. The van der Waals surface area contributed by atoms with Crippen LogP contribution >= 0.6 is 0 Å². The predicted octanol–water partition coefficient (Wildman–Crippen LogP) is 5.62. The van der Waals surface area contributed by atoms with Crippen LogP contribution in [0.5, 0.6) is 5.75 Å². The number of carbonyl (C=O) groups is 3. The molecular formula is C25H22F3N3O4. The van der Waals surface area contributed by atoms with E-state index in [0.717, 1.165) is 24.3 Å². The molecule has 0 atom stereocenters. The zero-order chi connectivity index (χ0) is 25.6. The van der Waals surface area contributed by atoms with Gasteiger partial charge in [0.1, 0.15) is 0 Å². The summed E-state index contributed by atoms with van der Waals surface area (Å²) < 4.78 is 43.5. The van der Waals surface area contributed by atoms with Gasteiger partial charge in [0.15, 0.2) is 11.4 Å². The fourth-order valence-corrected chi connectivity index (χ4v) is 3.08. The average Bonchev–Trinajstić information content (AvgIpc) is 2.80. The van der Waals surface area contributed by atoms with E-state index in [9.17, 15) is 27.6 Å². The maximum atomic E-state index is 12.9. The maximum absolute atomic E-state index is 12.9. The number of rotatable bonds is 7. The van der Waals surface area contributed by atoms with Crippen molar-refractivity contribution in [3.05, 3.63) is 83.2 Å². The Hall–Kier alpha value is -4.21. The van der Waals surface area contributed by atoms with Crippen molar-refractivity contribution in [2.75, 3.05) is 10.6 Å². The van der Waals surface area contributed by atoms with Crippen molar-refractivity contribution >= 4 is 29.2 Å². The minimum atomic E-state index is -4.48. The number of nitrogens with zero attached hydrogens (tertiary/aromatic N) is 1. The van der Waals surface area contributed by atoms with Gasteiger partial charge in [0.25, 0.3) is 11.8 Å². The molecule has 0 bridgehead atoms. The number of benzene rings is 2. The molecule has 2 N–H and O–H groups in total. The van der Waals surface area contributed by atoms with Crippen LogP contribution in [-0.4, -0.2) is 22.8 Å². The lowest BCUT2D eigenvalue weighted by atomic mass is 10.1. The normalized spacial score (nSPS) is 11.0. The van der Waals surface area contributed by atoms with E-state index >= 15 is 0 Å². The third kappa shape index (κ3) is 6.66. The quantitative estimate of drug-likeness (QED) is 0.424. The van der Waals surface area contributed by atoms with E-state index in [1.54, 1.807) is 19.1 Å². The first kappa shape index (κ1) is 25.4. The second-order valence-corrected chi connectivity index (χ2v) is 7.59. The molecule has 1 aromatic heterocycles. The van der Waals surface area contributed by atoms with E-state index in [-0.39, 0.29) is 34.8 Å². The molecule has 3 aromatic rings. The fraction of sp³-hybridized carbons (Fsp3) is 0.200. The molecule has 1 heterocycles. The molecule has 2 amide bonds. The standard InChI is InChI=1S/C25H22F3N3O4/c1-3-5-20(32)35-22-15(2)12-13-29-21(22)24(34)31-19-7-4-6-16(14-19)23(33)30-18-10-8-17(9-11-18)25(26,27)28/h4,6-14H,3,5H2,1-2H3,(H,30,33)(H,31,34). The van der Waals surface area contributed by atoms with Gasteiger partial charge in [-0.25, -0.2) is 4.98 Å². The van der Waals surface area contributed by atoms with Gasteiger partial charge in [0.05, 0.1) is 5.56 Å². The second kappa shape index (κ2) is 10.8. The molecule has 7 nitrogen and oxygen atoms in total. The van der Waals surface area contributed by atoms with E-state index in [1.165, 1.54) is 24.4 Å². The molecule has 2 aromatic carbocycles. The highest BCUT2D eigenvalue weighted by Gasteiger charge is 2.30. The lowest BCUT2D eigenvalue weighted by molar-refractivity contribution is -0.137. The van der Waals surface area contributed by atoms with Crippen molar-refractivity contribution in [3.63, 3.8) is 0 Å². The number of hydrogen-bond donors (Lipinski definition) is 2. The summed E-state index contributed by atoms with van der Waals surface area (Å²) in [6, 6.07) is 11.6. The van der Waals surface area contributed by atoms with Gasteiger partial charge in [-0.15, -0.1) is 0 Å². The van der Waals surface area contributed by atoms with Crippen LogP contribution in [0.2, 0.25) is 0 Å². The number of ether oxygens (including phenoxy) is 1.